The lowest BCUT2D eigenvalue weighted by Gasteiger charge is -2.34. The number of carbonyl (C=O) groups excluding carboxylic acids is 1. The van der Waals surface area contributed by atoms with Crippen LogP contribution in [-0.2, 0) is 17.9 Å². The molecule has 1 fully saturated rings. The van der Waals surface area contributed by atoms with Gasteiger partial charge in [-0.05, 0) is 30.7 Å². The number of rotatable bonds is 4. The Balaban J connectivity index is 1.28. The van der Waals surface area contributed by atoms with E-state index in [1.807, 2.05) is 36.2 Å². The SMILES string of the molecule is Cc1ccn(CC(=O)N2CCN(Cc3ccc4c(c3)OCO4)CC2)n1. The molecule has 2 aliphatic heterocycles. The minimum Gasteiger partial charge on any atom is -0.454 e. The summed E-state index contributed by atoms with van der Waals surface area (Å²) in [7, 11) is 0. The molecule has 2 aromatic rings. The monoisotopic (exact) mass is 342 g/mol. The molecular formula is C18H22N4O3. The summed E-state index contributed by atoms with van der Waals surface area (Å²) in [6.45, 7) is 6.65. The van der Waals surface area contributed by atoms with Crippen molar-refractivity contribution in [3.63, 3.8) is 0 Å². The van der Waals surface area contributed by atoms with Crippen LogP contribution in [0.2, 0.25) is 0 Å². The first-order chi connectivity index (χ1) is 12.2. The smallest absolute Gasteiger partial charge is 0.244 e. The Hall–Kier alpha value is -2.54. The molecule has 0 saturated carbocycles. The van der Waals surface area contributed by atoms with E-state index in [0.717, 1.165) is 49.9 Å². The summed E-state index contributed by atoms with van der Waals surface area (Å²) in [5.74, 6) is 1.76. The second kappa shape index (κ2) is 6.76. The van der Waals surface area contributed by atoms with E-state index in [2.05, 4.69) is 16.1 Å². The molecule has 7 nitrogen and oxygen atoms in total. The maximum Gasteiger partial charge on any atom is 0.244 e. The maximum absolute atomic E-state index is 12.4. The second-order valence-corrected chi connectivity index (χ2v) is 6.50. The third-order valence-electron chi connectivity index (χ3n) is 4.64. The van der Waals surface area contributed by atoms with Crippen molar-refractivity contribution in [3.8, 4) is 11.5 Å². The fourth-order valence-corrected chi connectivity index (χ4v) is 3.24. The van der Waals surface area contributed by atoms with Gasteiger partial charge in [0.15, 0.2) is 11.5 Å². The van der Waals surface area contributed by atoms with Crippen molar-refractivity contribution in [2.24, 2.45) is 0 Å². The summed E-state index contributed by atoms with van der Waals surface area (Å²) in [5.41, 5.74) is 2.14. The Morgan fingerprint density at radius 1 is 1.12 bits per heavy atom. The third-order valence-corrected chi connectivity index (χ3v) is 4.64. The van der Waals surface area contributed by atoms with Gasteiger partial charge in [-0.1, -0.05) is 6.07 Å². The molecule has 7 heteroatoms. The molecule has 0 radical (unpaired) electrons. The minimum atomic E-state index is 0.130. The Labute approximate surface area is 146 Å². The Morgan fingerprint density at radius 2 is 1.92 bits per heavy atom. The first-order valence-corrected chi connectivity index (χ1v) is 8.56. The minimum absolute atomic E-state index is 0.130. The number of hydrogen-bond donors (Lipinski definition) is 0. The first kappa shape index (κ1) is 16.0. The highest BCUT2D eigenvalue weighted by Gasteiger charge is 2.22. The van der Waals surface area contributed by atoms with E-state index in [-0.39, 0.29) is 5.91 Å². The molecule has 1 aromatic carbocycles. The van der Waals surface area contributed by atoms with E-state index in [0.29, 0.717) is 13.3 Å². The zero-order valence-electron chi connectivity index (χ0n) is 14.4. The van der Waals surface area contributed by atoms with Gasteiger partial charge < -0.3 is 14.4 Å². The highest BCUT2D eigenvalue weighted by Crippen LogP contribution is 2.32. The highest BCUT2D eigenvalue weighted by molar-refractivity contribution is 5.76. The van der Waals surface area contributed by atoms with Crippen molar-refractivity contribution in [2.45, 2.75) is 20.0 Å². The lowest BCUT2D eigenvalue weighted by molar-refractivity contribution is -0.133. The Kier molecular flexibility index (Phi) is 4.31. The van der Waals surface area contributed by atoms with Crippen molar-refractivity contribution in [2.75, 3.05) is 33.0 Å². The van der Waals surface area contributed by atoms with Crippen LogP contribution in [0.5, 0.6) is 11.5 Å². The molecule has 1 saturated heterocycles. The van der Waals surface area contributed by atoms with Crippen LogP contribution < -0.4 is 9.47 Å². The average molecular weight is 342 g/mol. The van der Waals surface area contributed by atoms with Crippen LogP contribution in [0.4, 0.5) is 0 Å². The number of aromatic nitrogens is 2. The van der Waals surface area contributed by atoms with Crippen LogP contribution in [0.25, 0.3) is 0 Å². The van der Waals surface area contributed by atoms with E-state index >= 15 is 0 Å². The lowest BCUT2D eigenvalue weighted by atomic mass is 10.1. The fraction of sp³-hybridized carbons (Fsp3) is 0.444. The van der Waals surface area contributed by atoms with Crippen LogP contribution in [0.3, 0.4) is 0 Å². The summed E-state index contributed by atoms with van der Waals surface area (Å²) < 4.78 is 12.5. The maximum atomic E-state index is 12.4. The number of aryl methyl sites for hydroxylation is 1. The van der Waals surface area contributed by atoms with E-state index in [4.69, 9.17) is 9.47 Å². The quantitative estimate of drug-likeness (QED) is 0.837. The number of hydrogen-bond acceptors (Lipinski definition) is 5. The van der Waals surface area contributed by atoms with Crippen LogP contribution in [0, 0.1) is 6.92 Å². The van der Waals surface area contributed by atoms with Gasteiger partial charge in [-0.3, -0.25) is 14.4 Å². The van der Waals surface area contributed by atoms with Gasteiger partial charge in [0.2, 0.25) is 12.7 Å². The number of piperazine rings is 1. The topological polar surface area (TPSA) is 59.8 Å². The zero-order valence-corrected chi connectivity index (χ0v) is 14.4. The molecule has 0 spiro atoms. The molecule has 132 valence electrons. The van der Waals surface area contributed by atoms with Gasteiger partial charge in [-0.2, -0.15) is 5.10 Å². The van der Waals surface area contributed by atoms with Gasteiger partial charge in [0, 0.05) is 38.9 Å². The third kappa shape index (κ3) is 3.61. The summed E-state index contributed by atoms with van der Waals surface area (Å²) in [6, 6.07) is 7.99. The van der Waals surface area contributed by atoms with E-state index in [1.54, 1.807) is 4.68 Å². The van der Waals surface area contributed by atoms with Gasteiger partial charge in [0.1, 0.15) is 6.54 Å². The number of benzene rings is 1. The summed E-state index contributed by atoms with van der Waals surface area (Å²) in [4.78, 5) is 16.7. The van der Waals surface area contributed by atoms with E-state index < -0.39 is 0 Å². The van der Waals surface area contributed by atoms with Crippen molar-refractivity contribution >= 4 is 5.91 Å². The van der Waals surface area contributed by atoms with Gasteiger partial charge >= 0.3 is 0 Å². The molecule has 0 N–H and O–H groups in total. The molecule has 0 unspecified atom stereocenters. The van der Waals surface area contributed by atoms with Crippen molar-refractivity contribution < 1.29 is 14.3 Å². The molecule has 2 aliphatic rings. The molecule has 4 rings (SSSR count). The standard InChI is InChI=1S/C18H22N4O3/c1-14-4-5-22(19-14)12-18(23)21-8-6-20(7-9-21)11-15-2-3-16-17(10-15)25-13-24-16/h2-5,10H,6-9,11-13H2,1H3. The lowest BCUT2D eigenvalue weighted by Crippen LogP contribution is -2.49. The van der Waals surface area contributed by atoms with Gasteiger partial charge in [-0.15, -0.1) is 0 Å². The summed E-state index contributed by atoms with van der Waals surface area (Å²) >= 11 is 0. The molecule has 25 heavy (non-hydrogen) atoms. The number of fused-ring (bicyclic) bond motifs is 1. The number of nitrogens with zero attached hydrogens (tertiary/aromatic N) is 4. The number of carbonyl (C=O) groups is 1. The molecular weight excluding hydrogens is 320 g/mol. The average Bonchev–Trinajstić information content (AvgIpc) is 3.24. The number of amides is 1. The van der Waals surface area contributed by atoms with E-state index in [1.165, 1.54) is 5.56 Å². The predicted molar refractivity (Wildman–Crippen MR) is 91.4 cm³/mol. The van der Waals surface area contributed by atoms with Gasteiger partial charge in [0.05, 0.1) is 5.69 Å². The molecule has 3 heterocycles. The van der Waals surface area contributed by atoms with Crippen molar-refractivity contribution in [1.82, 2.24) is 19.6 Å². The largest absolute Gasteiger partial charge is 0.454 e. The van der Waals surface area contributed by atoms with Crippen LogP contribution in [0.1, 0.15) is 11.3 Å². The molecule has 1 aromatic heterocycles. The van der Waals surface area contributed by atoms with Crippen LogP contribution in [0.15, 0.2) is 30.5 Å². The predicted octanol–water partition coefficient (Wildman–Crippen LogP) is 1.26. The van der Waals surface area contributed by atoms with Crippen molar-refractivity contribution in [1.29, 1.82) is 0 Å². The molecule has 0 aliphatic carbocycles. The first-order valence-electron chi connectivity index (χ1n) is 8.56. The normalized spacial score (nSPS) is 17.1. The molecule has 0 bridgehead atoms. The van der Waals surface area contributed by atoms with Crippen LogP contribution >= 0.6 is 0 Å². The van der Waals surface area contributed by atoms with Crippen LogP contribution in [-0.4, -0.2) is 58.5 Å². The number of ether oxygens (including phenoxy) is 2. The Morgan fingerprint density at radius 3 is 2.68 bits per heavy atom. The summed E-state index contributed by atoms with van der Waals surface area (Å²) in [6.07, 6.45) is 1.85. The molecule has 1 amide bonds. The van der Waals surface area contributed by atoms with Gasteiger partial charge in [0.25, 0.3) is 0 Å². The zero-order chi connectivity index (χ0) is 17.2. The highest BCUT2D eigenvalue weighted by atomic mass is 16.7. The summed E-state index contributed by atoms with van der Waals surface area (Å²) in [5, 5.41) is 4.28. The second-order valence-electron chi connectivity index (χ2n) is 6.50. The molecule has 0 atom stereocenters. The Bertz CT molecular complexity index is 765. The fourth-order valence-electron chi connectivity index (χ4n) is 3.24. The van der Waals surface area contributed by atoms with Gasteiger partial charge in [-0.25, -0.2) is 0 Å². The van der Waals surface area contributed by atoms with E-state index in [9.17, 15) is 4.79 Å². The van der Waals surface area contributed by atoms with Crippen molar-refractivity contribution in [3.05, 3.63) is 41.7 Å².